The van der Waals surface area contributed by atoms with E-state index in [-0.39, 0.29) is 6.61 Å². The molecule has 0 atom stereocenters. The van der Waals surface area contributed by atoms with Gasteiger partial charge in [-0.15, -0.1) is 0 Å². The first-order chi connectivity index (χ1) is 11.2. The van der Waals surface area contributed by atoms with Crippen molar-refractivity contribution < 1.29 is 9.84 Å². The minimum absolute atomic E-state index is 0.140. The molecule has 3 nitrogen and oxygen atoms in total. The SMILES string of the molecule is C/C(Cl)=C(/c1ccccc1)c1ccc(OCCNCCO)cc1. The highest BCUT2D eigenvalue weighted by Crippen LogP contribution is 2.29. The molecule has 122 valence electrons. The van der Waals surface area contributed by atoms with Gasteiger partial charge in [0, 0.05) is 23.7 Å². The second-order valence-corrected chi connectivity index (χ2v) is 5.69. The molecule has 0 heterocycles. The quantitative estimate of drug-likeness (QED) is 0.725. The first kappa shape index (κ1) is 17.5. The van der Waals surface area contributed by atoms with E-state index in [0.29, 0.717) is 19.7 Å². The maximum absolute atomic E-state index is 8.69. The highest BCUT2D eigenvalue weighted by molar-refractivity contribution is 6.33. The van der Waals surface area contributed by atoms with Gasteiger partial charge in [-0.3, -0.25) is 0 Å². The Morgan fingerprint density at radius 1 is 1.00 bits per heavy atom. The lowest BCUT2D eigenvalue weighted by Gasteiger charge is -2.11. The van der Waals surface area contributed by atoms with Crippen LogP contribution < -0.4 is 10.1 Å². The molecule has 0 aliphatic heterocycles. The molecule has 0 saturated carbocycles. The Bertz CT molecular complexity index is 620. The normalized spacial score (nSPS) is 12.0. The van der Waals surface area contributed by atoms with Crippen molar-refractivity contribution in [2.75, 3.05) is 26.3 Å². The van der Waals surface area contributed by atoms with Crippen molar-refractivity contribution in [3.05, 3.63) is 70.8 Å². The van der Waals surface area contributed by atoms with Gasteiger partial charge in [-0.25, -0.2) is 0 Å². The predicted octanol–water partition coefficient (Wildman–Crippen LogP) is 3.67. The number of hydrogen-bond acceptors (Lipinski definition) is 3. The third-order valence-electron chi connectivity index (χ3n) is 3.39. The van der Waals surface area contributed by atoms with Crippen LogP contribution >= 0.6 is 11.6 Å². The Labute approximate surface area is 142 Å². The summed E-state index contributed by atoms with van der Waals surface area (Å²) in [6.45, 7) is 3.90. The summed E-state index contributed by atoms with van der Waals surface area (Å²) < 4.78 is 5.66. The molecule has 0 aliphatic carbocycles. The lowest BCUT2D eigenvalue weighted by molar-refractivity contribution is 0.276. The fourth-order valence-corrected chi connectivity index (χ4v) is 2.55. The summed E-state index contributed by atoms with van der Waals surface area (Å²) >= 11 is 6.30. The molecule has 0 bridgehead atoms. The molecule has 2 rings (SSSR count). The summed E-state index contributed by atoms with van der Waals surface area (Å²) in [4.78, 5) is 0. The first-order valence-corrected chi connectivity index (χ1v) is 8.07. The van der Waals surface area contributed by atoms with Gasteiger partial charge >= 0.3 is 0 Å². The van der Waals surface area contributed by atoms with Crippen LogP contribution in [0.25, 0.3) is 5.57 Å². The van der Waals surface area contributed by atoms with Gasteiger partial charge in [0.05, 0.1) is 6.61 Å². The van der Waals surface area contributed by atoms with Crippen molar-refractivity contribution in [3.8, 4) is 5.75 Å². The van der Waals surface area contributed by atoms with Gasteiger partial charge in [0.2, 0.25) is 0 Å². The van der Waals surface area contributed by atoms with Crippen LogP contribution in [0.1, 0.15) is 18.1 Å². The third kappa shape index (κ3) is 5.39. The zero-order valence-corrected chi connectivity index (χ0v) is 14.0. The van der Waals surface area contributed by atoms with E-state index in [1.807, 2.05) is 49.4 Å². The number of nitrogens with one attached hydrogen (secondary N) is 1. The fourth-order valence-electron chi connectivity index (χ4n) is 2.33. The fraction of sp³-hybridized carbons (Fsp3) is 0.263. The second kappa shape index (κ2) is 9.36. The van der Waals surface area contributed by atoms with Crippen molar-refractivity contribution >= 4 is 17.2 Å². The van der Waals surface area contributed by atoms with Gasteiger partial charge in [-0.2, -0.15) is 0 Å². The van der Waals surface area contributed by atoms with Gasteiger partial charge in [-0.05, 0) is 30.2 Å². The lowest BCUT2D eigenvalue weighted by Crippen LogP contribution is -2.23. The smallest absolute Gasteiger partial charge is 0.119 e. The molecule has 0 radical (unpaired) electrons. The van der Waals surface area contributed by atoms with Crippen LogP contribution in [0.5, 0.6) is 5.75 Å². The molecular weight excluding hydrogens is 310 g/mol. The summed E-state index contributed by atoms with van der Waals surface area (Å²) in [5.41, 5.74) is 3.19. The molecule has 2 aromatic carbocycles. The molecule has 0 fully saturated rings. The molecule has 0 unspecified atom stereocenters. The standard InChI is InChI=1S/C19H22ClNO2/c1-15(20)19(16-5-3-2-4-6-16)17-7-9-18(10-8-17)23-14-12-21-11-13-22/h2-10,21-22H,11-14H2,1H3/b19-15+. The summed E-state index contributed by atoms with van der Waals surface area (Å²) in [7, 11) is 0. The summed E-state index contributed by atoms with van der Waals surface area (Å²) in [6.07, 6.45) is 0. The van der Waals surface area contributed by atoms with Gasteiger partial charge in [0.25, 0.3) is 0 Å². The number of aliphatic hydroxyl groups excluding tert-OH is 1. The van der Waals surface area contributed by atoms with Crippen molar-refractivity contribution in [2.45, 2.75) is 6.92 Å². The molecule has 0 saturated heterocycles. The molecule has 2 N–H and O–H groups in total. The Hall–Kier alpha value is -1.81. The molecule has 0 aromatic heterocycles. The Morgan fingerprint density at radius 3 is 2.26 bits per heavy atom. The van der Waals surface area contributed by atoms with Crippen LogP contribution in [0.2, 0.25) is 0 Å². The summed E-state index contributed by atoms with van der Waals surface area (Å²) in [5, 5.41) is 12.5. The largest absolute Gasteiger partial charge is 0.492 e. The number of rotatable bonds is 8. The second-order valence-electron chi connectivity index (χ2n) is 5.12. The Kier molecular flexibility index (Phi) is 7.14. The molecule has 23 heavy (non-hydrogen) atoms. The average Bonchev–Trinajstić information content (AvgIpc) is 2.57. The number of benzene rings is 2. The Balaban J connectivity index is 2.04. The maximum atomic E-state index is 8.69. The number of allylic oxidation sites excluding steroid dienone is 1. The first-order valence-electron chi connectivity index (χ1n) is 7.69. The van der Waals surface area contributed by atoms with Crippen LogP contribution in [-0.4, -0.2) is 31.4 Å². The molecule has 0 spiro atoms. The minimum atomic E-state index is 0.140. The number of aliphatic hydroxyl groups is 1. The van der Waals surface area contributed by atoms with E-state index in [4.69, 9.17) is 21.4 Å². The number of halogens is 1. The van der Waals surface area contributed by atoms with E-state index >= 15 is 0 Å². The van der Waals surface area contributed by atoms with Crippen LogP contribution in [0.3, 0.4) is 0 Å². The summed E-state index contributed by atoms with van der Waals surface area (Å²) in [6, 6.07) is 18.0. The molecule has 0 amide bonds. The topological polar surface area (TPSA) is 41.5 Å². The highest BCUT2D eigenvalue weighted by Gasteiger charge is 2.08. The zero-order chi connectivity index (χ0) is 16.5. The van der Waals surface area contributed by atoms with E-state index in [1.165, 1.54) is 0 Å². The van der Waals surface area contributed by atoms with E-state index in [1.54, 1.807) is 0 Å². The van der Waals surface area contributed by atoms with Crippen LogP contribution in [-0.2, 0) is 0 Å². The zero-order valence-electron chi connectivity index (χ0n) is 13.3. The van der Waals surface area contributed by atoms with Gasteiger partial charge < -0.3 is 15.2 Å². The molecule has 2 aromatic rings. The van der Waals surface area contributed by atoms with Gasteiger partial charge in [0.15, 0.2) is 0 Å². The van der Waals surface area contributed by atoms with E-state index in [9.17, 15) is 0 Å². The van der Waals surface area contributed by atoms with Crippen molar-refractivity contribution in [1.82, 2.24) is 5.32 Å². The van der Waals surface area contributed by atoms with Crippen molar-refractivity contribution in [2.24, 2.45) is 0 Å². The minimum Gasteiger partial charge on any atom is -0.492 e. The van der Waals surface area contributed by atoms with E-state index < -0.39 is 0 Å². The monoisotopic (exact) mass is 331 g/mol. The van der Waals surface area contributed by atoms with Crippen LogP contribution in [0.15, 0.2) is 59.6 Å². The lowest BCUT2D eigenvalue weighted by atomic mass is 9.98. The third-order valence-corrected chi connectivity index (χ3v) is 3.58. The Morgan fingerprint density at radius 2 is 1.65 bits per heavy atom. The van der Waals surface area contributed by atoms with Gasteiger partial charge in [0.1, 0.15) is 12.4 Å². The van der Waals surface area contributed by atoms with E-state index in [2.05, 4.69) is 17.4 Å². The van der Waals surface area contributed by atoms with Crippen LogP contribution in [0, 0.1) is 0 Å². The maximum Gasteiger partial charge on any atom is 0.119 e. The van der Waals surface area contributed by atoms with Gasteiger partial charge in [-0.1, -0.05) is 54.1 Å². The highest BCUT2D eigenvalue weighted by atomic mass is 35.5. The van der Waals surface area contributed by atoms with Crippen LogP contribution in [0.4, 0.5) is 0 Å². The molecular formula is C19H22ClNO2. The molecule has 4 heteroatoms. The number of ether oxygens (including phenoxy) is 1. The van der Waals surface area contributed by atoms with Crippen molar-refractivity contribution in [1.29, 1.82) is 0 Å². The summed E-state index contributed by atoms with van der Waals surface area (Å²) in [5.74, 6) is 0.819. The van der Waals surface area contributed by atoms with Crippen molar-refractivity contribution in [3.63, 3.8) is 0 Å². The number of hydrogen-bond donors (Lipinski definition) is 2. The molecule has 0 aliphatic rings. The average molecular weight is 332 g/mol. The predicted molar refractivity (Wildman–Crippen MR) is 95.9 cm³/mol. The van der Waals surface area contributed by atoms with E-state index in [0.717, 1.165) is 27.5 Å².